The Hall–Kier alpha value is -2.68. The Morgan fingerprint density at radius 3 is 2.32 bits per heavy atom. The monoisotopic (exact) mass is 486 g/mol. The molecule has 0 aromatic heterocycles. The van der Waals surface area contributed by atoms with Gasteiger partial charge in [-0.25, -0.2) is 17.2 Å². The molecule has 0 bridgehead atoms. The molecule has 0 aliphatic carbocycles. The van der Waals surface area contributed by atoms with Crippen LogP contribution in [-0.4, -0.2) is 62.5 Å². The molecular weight excluding hydrogens is 462 g/mol. The van der Waals surface area contributed by atoms with E-state index in [0.717, 1.165) is 29.3 Å². The van der Waals surface area contributed by atoms with E-state index >= 15 is 0 Å². The number of sulfonamides is 1. The van der Waals surface area contributed by atoms with Crippen LogP contribution in [-0.2, 0) is 14.8 Å². The number of nitriles is 1. The van der Waals surface area contributed by atoms with E-state index in [1.165, 1.54) is 28.6 Å². The van der Waals surface area contributed by atoms with Gasteiger partial charge in [0.15, 0.2) is 0 Å². The van der Waals surface area contributed by atoms with Crippen molar-refractivity contribution in [2.24, 2.45) is 5.73 Å². The first-order chi connectivity index (χ1) is 16.3. The van der Waals surface area contributed by atoms with E-state index in [9.17, 15) is 17.2 Å². The Bertz CT molecular complexity index is 1270. The molecule has 10 heteroatoms. The summed E-state index contributed by atoms with van der Waals surface area (Å²) in [7, 11) is -3.65. The first kappa shape index (κ1) is 23.1. The van der Waals surface area contributed by atoms with Gasteiger partial charge < -0.3 is 10.5 Å². The number of hydrogen-bond donors (Lipinski definition) is 1. The van der Waals surface area contributed by atoms with Gasteiger partial charge in [-0.3, -0.25) is 4.90 Å². The van der Waals surface area contributed by atoms with Crippen molar-refractivity contribution in [2.45, 2.75) is 29.5 Å². The molecule has 3 aliphatic rings. The van der Waals surface area contributed by atoms with Gasteiger partial charge in [0.1, 0.15) is 17.7 Å². The molecule has 3 heterocycles. The third-order valence-electron chi connectivity index (χ3n) is 6.83. The molecule has 0 saturated carbocycles. The predicted molar refractivity (Wildman–Crippen MR) is 120 cm³/mol. The highest BCUT2D eigenvalue weighted by Gasteiger charge is 2.41. The summed E-state index contributed by atoms with van der Waals surface area (Å²) in [5, 5.41) is 8.93. The van der Waals surface area contributed by atoms with Gasteiger partial charge in [-0.15, -0.1) is 0 Å². The van der Waals surface area contributed by atoms with Gasteiger partial charge in [-0.05, 0) is 60.0 Å². The smallest absolute Gasteiger partial charge is 0.243 e. The second-order valence-corrected chi connectivity index (χ2v) is 10.9. The molecule has 2 aromatic rings. The number of benzene rings is 2. The highest BCUT2D eigenvalue weighted by Crippen LogP contribution is 2.35. The molecule has 5 rings (SSSR count). The van der Waals surface area contributed by atoms with E-state index < -0.39 is 33.8 Å². The maximum atomic E-state index is 14.2. The van der Waals surface area contributed by atoms with Crippen LogP contribution in [0.4, 0.5) is 8.78 Å². The minimum atomic E-state index is -3.65. The lowest BCUT2D eigenvalue weighted by atomic mass is 9.93. The number of halogens is 2. The minimum Gasteiger partial charge on any atom is -0.370 e. The highest BCUT2D eigenvalue weighted by atomic mass is 32.2. The summed E-state index contributed by atoms with van der Waals surface area (Å²) in [5.74, 6) is -1.07. The largest absolute Gasteiger partial charge is 0.370 e. The summed E-state index contributed by atoms with van der Waals surface area (Å²) < 4.78 is 61.2. The van der Waals surface area contributed by atoms with Crippen molar-refractivity contribution in [3.05, 3.63) is 76.4 Å². The molecule has 0 radical (unpaired) electrons. The van der Waals surface area contributed by atoms with Gasteiger partial charge >= 0.3 is 0 Å². The van der Waals surface area contributed by atoms with Crippen molar-refractivity contribution in [1.29, 1.82) is 5.26 Å². The average Bonchev–Trinajstić information content (AvgIpc) is 3.41. The van der Waals surface area contributed by atoms with Gasteiger partial charge in [0, 0.05) is 43.8 Å². The molecule has 1 fully saturated rings. The second-order valence-electron chi connectivity index (χ2n) is 8.99. The second kappa shape index (κ2) is 8.83. The van der Waals surface area contributed by atoms with Gasteiger partial charge in [0.2, 0.25) is 10.0 Å². The van der Waals surface area contributed by atoms with Crippen LogP contribution in [0.15, 0.2) is 58.5 Å². The van der Waals surface area contributed by atoms with Crippen LogP contribution in [0, 0.1) is 23.0 Å². The molecule has 0 spiro atoms. The van der Waals surface area contributed by atoms with Crippen LogP contribution in [0.2, 0.25) is 0 Å². The van der Waals surface area contributed by atoms with E-state index in [4.69, 9.17) is 15.7 Å². The number of nitrogens with two attached hydrogens (primary N) is 1. The Kier molecular flexibility index (Phi) is 6.00. The number of ether oxygens (including phenoxy) is 1. The van der Waals surface area contributed by atoms with Crippen molar-refractivity contribution in [3.8, 4) is 6.07 Å². The van der Waals surface area contributed by atoms with Crippen LogP contribution in [0.25, 0.3) is 0 Å². The van der Waals surface area contributed by atoms with E-state index in [2.05, 4.69) is 4.90 Å². The lowest BCUT2D eigenvalue weighted by Gasteiger charge is -2.39. The van der Waals surface area contributed by atoms with Crippen LogP contribution >= 0.6 is 0 Å². The molecule has 3 aliphatic heterocycles. The summed E-state index contributed by atoms with van der Waals surface area (Å²) in [6.07, 6.45) is -0.142. The Morgan fingerprint density at radius 2 is 1.71 bits per heavy atom. The Balaban J connectivity index is 1.20. The summed E-state index contributed by atoms with van der Waals surface area (Å²) in [4.78, 5) is 2.39. The Morgan fingerprint density at radius 1 is 1.03 bits per heavy atom. The van der Waals surface area contributed by atoms with Crippen molar-refractivity contribution in [3.63, 3.8) is 0 Å². The molecule has 3 atom stereocenters. The lowest BCUT2D eigenvalue weighted by molar-refractivity contribution is -0.0467. The first-order valence-corrected chi connectivity index (χ1v) is 12.5. The zero-order valence-corrected chi connectivity index (χ0v) is 19.1. The molecular formula is C24H24F2N4O3S. The van der Waals surface area contributed by atoms with Crippen LogP contribution in [0.3, 0.4) is 0 Å². The van der Waals surface area contributed by atoms with Crippen molar-refractivity contribution >= 4 is 10.0 Å². The van der Waals surface area contributed by atoms with E-state index in [1.807, 2.05) is 6.07 Å². The zero-order valence-electron chi connectivity index (χ0n) is 18.3. The number of nitrogens with zero attached hydrogens (tertiary/aromatic N) is 3. The van der Waals surface area contributed by atoms with Crippen LogP contribution in [0.1, 0.15) is 23.7 Å². The van der Waals surface area contributed by atoms with Gasteiger partial charge in [0.25, 0.3) is 0 Å². The predicted octanol–water partition coefficient (Wildman–Crippen LogP) is 2.31. The summed E-state index contributed by atoms with van der Waals surface area (Å²) >= 11 is 0. The van der Waals surface area contributed by atoms with Crippen LogP contribution < -0.4 is 5.73 Å². The molecule has 2 N–H and O–H groups in total. The molecule has 178 valence electrons. The third-order valence-corrected chi connectivity index (χ3v) is 8.63. The molecule has 0 amide bonds. The fourth-order valence-electron chi connectivity index (χ4n) is 5.01. The maximum absolute atomic E-state index is 14.2. The normalized spacial score (nSPS) is 26.0. The van der Waals surface area contributed by atoms with Gasteiger partial charge in [0.05, 0.1) is 23.1 Å². The molecule has 3 unspecified atom stereocenters. The fourth-order valence-corrected chi connectivity index (χ4v) is 6.44. The maximum Gasteiger partial charge on any atom is 0.243 e. The summed E-state index contributed by atoms with van der Waals surface area (Å²) in [6.45, 7) is 2.22. The van der Waals surface area contributed by atoms with Crippen molar-refractivity contribution in [2.75, 3.05) is 32.8 Å². The van der Waals surface area contributed by atoms with E-state index in [-0.39, 0.29) is 16.5 Å². The highest BCUT2D eigenvalue weighted by molar-refractivity contribution is 7.89. The third kappa shape index (κ3) is 4.15. The van der Waals surface area contributed by atoms with Crippen molar-refractivity contribution < 1.29 is 21.9 Å². The zero-order chi connectivity index (χ0) is 24.0. The topological polar surface area (TPSA) is 99.7 Å². The summed E-state index contributed by atoms with van der Waals surface area (Å²) in [6, 6.07) is 10.7. The molecule has 2 aromatic carbocycles. The van der Waals surface area contributed by atoms with E-state index in [1.54, 1.807) is 0 Å². The number of rotatable bonds is 4. The minimum absolute atomic E-state index is 0.0112. The quantitative estimate of drug-likeness (QED) is 0.666. The van der Waals surface area contributed by atoms with Crippen molar-refractivity contribution in [1.82, 2.24) is 9.21 Å². The average molecular weight is 487 g/mol. The number of hydrogen-bond acceptors (Lipinski definition) is 6. The fraction of sp³-hybridized carbons (Fsp3) is 0.375. The van der Waals surface area contributed by atoms with Gasteiger partial charge in [-0.2, -0.15) is 9.57 Å². The van der Waals surface area contributed by atoms with E-state index in [0.29, 0.717) is 44.8 Å². The Labute approximate surface area is 197 Å². The molecule has 7 nitrogen and oxygen atoms in total. The SMILES string of the molecule is N#Cc1ccc(S(=O)(=O)N2CC3=C(CN(C4COC(c5cc(F)ccc5F)C(N)C4)C3)C2)cc1. The molecule has 34 heavy (non-hydrogen) atoms. The first-order valence-electron chi connectivity index (χ1n) is 11.0. The molecule has 1 saturated heterocycles. The van der Waals surface area contributed by atoms with Gasteiger partial charge in [-0.1, -0.05) is 0 Å². The lowest BCUT2D eigenvalue weighted by Crippen LogP contribution is -2.49. The van der Waals surface area contributed by atoms with Crippen LogP contribution in [0.5, 0.6) is 0 Å². The summed E-state index contributed by atoms with van der Waals surface area (Å²) in [5.41, 5.74) is 9.00. The standard InChI is InChI=1S/C24H24F2N4O3S/c25-18-3-6-22(26)21(7-18)24-23(28)8-19(14-33-24)29-10-16-12-30(13-17(16)11-29)34(31,32)20-4-1-15(9-27)2-5-20/h1-7,19,23-24H,8,10-14,28H2.